The highest BCUT2D eigenvalue weighted by Crippen LogP contribution is 2.77. The van der Waals surface area contributed by atoms with E-state index >= 15 is 4.79 Å². The molecule has 11 N–H and O–H groups in total. The number of aliphatic hydroxyl groups excluding tert-OH is 9. The fourth-order valence-electron chi connectivity index (χ4n) is 16.9. The summed E-state index contributed by atoms with van der Waals surface area (Å²) in [6, 6.07) is -1.34. The summed E-state index contributed by atoms with van der Waals surface area (Å²) in [6.45, 7) is 16.2. The van der Waals surface area contributed by atoms with E-state index in [1.165, 1.54) is 6.92 Å². The van der Waals surface area contributed by atoms with Gasteiger partial charge in [0.1, 0.15) is 54.2 Å². The SMILES string of the molecule is CC1C2(C)CCC(O)C(C)(C)[C@@H]2CC[C@@]12CC=C1C3CC(C)(C)CCC3(C(=O)O[C@@H]3O[C@H](CO)C(NC(=O)CCCCCCCCCCC(=O)O)C(O)C3O[C@@H]3O[C@H](C)C(O[C@@H]4OC[C@@H](O)C(O)C4O)C(O)C3O)[C@H](O)C[C@]12C. The van der Waals surface area contributed by atoms with Gasteiger partial charge >= 0.3 is 11.9 Å². The molecule has 1 amide bonds. The number of hydrogen-bond donors (Lipinski definition) is 11. The molecule has 20 heteroatoms. The van der Waals surface area contributed by atoms with Crippen molar-refractivity contribution in [3.63, 3.8) is 0 Å². The van der Waals surface area contributed by atoms with Gasteiger partial charge in [-0.2, -0.15) is 0 Å². The first-order chi connectivity index (χ1) is 37.1. The summed E-state index contributed by atoms with van der Waals surface area (Å²) in [6.07, 6.45) is -7.61. The van der Waals surface area contributed by atoms with Gasteiger partial charge in [0.25, 0.3) is 0 Å². The summed E-state index contributed by atoms with van der Waals surface area (Å²) >= 11 is 0. The minimum Gasteiger partial charge on any atom is -0.481 e. The van der Waals surface area contributed by atoms with Crippen LogP contribution in [-0.2, 0) is 42.8 Å². The Bertz CT molecular complexity index is 2160. The van der Waals surface area contributed by atoms with Crippen LogP contribution in [0.3, 0.4) is 0 Å². The molecule has 7 fully saturated rings. The normalized spacial score (nSPS) is 46.3. The number of carboxylic acids is 1. The van der Waals surface area contributed by atoms with Gasteiger partial charge in [-0.05, 0) is 122 Å². The minimum atomic E-state index is -1.93. The molecule has 20 nitrogen and oxygen atoms in total. The minimum absolute atomic E-state index is 0.0722. The number of nitrogens with one attached hydrogen (secondary N) is 1. The summed E-state index contributed by atoms with van der Waals surface area (Å²) in [5.41, 5.74) is -1.60. The van der Waals surface area contributed by atoms with Gasteiger partial charge in [-0.25, -0.2) is 0 Å². The Labute approximate surface area is 466 Å². The van der Waals surface area contributed by atoms with E-state index in [1.807, 2.05) is 0 Å². The second kappa shape index (κ2) is 24.3. The fourth-order valence-corrected chi connectivity index (χ4v) is 16.9. The summed E-state index contributed by atoms with van der Waals surface area (Å²) < 4.78 is 36.5. The van der Waals surface area contributed by atoms with Gasteiger partial charge in [0, 0.05) is 12.8 Å². The largest absolute Gasteiger partial charge is 0.481 e. The van der Waals surface area contributed by atoms with Crippen LogP contribution in [0.4, 0.5) is 0 Å². The Kier molecular flexibility index (Phi) is 19.3. The summed E-state index contributed by atoms with van der Waals surface area (Å²) in [7, 11) is 0. The maximum absolute atomic E-state index is 15.7. The number of allylic oxidation sites excluding steroid dienone is 2. The lowest BCUT2D eigenvalue weighted by Crippen LogP contribution is -2.69. The third-order valence-electron chi connectivity index (χ3n) is 21.9. The Hall–Kier alpha value is -2.41. The number of fused-ring (bicyclic) bond motifs is 5. The van der Waals surface area contributed by atoms with Crippen LogP contribution in [0.25, 0.3) is 0 Å². The first kappa shape index (κ1) is 62.6. The molecule has 0 radical (unpaired) electrons. The molecule has 5 aliphatic carbocycles. The molecule has 8 aliphatic rings. The number of hydrogen-bond acceptors (Lipinski definition) is 18. The lowest BCUT2D eigenvalue weighted by atomic mass is 9.36. The molecule has 4 saturated carbocycles. The molecule has 3 saturated heterocycles. The molecule has 3 heterocycles. The average molecular weight is 1120 g/mol. The smallest absolute Gasteiger partial charge is 0.317 e. The number of aliphatic hydroxyl groups is 9. The van der Waals surface area contributed by atoms with Crippen molar-refractivity contribution in [3.05, 3.63) is 11.6 Å². The topological polar surface area (TPSA) is 321 Å². The van der Waals surface area contributed by atoms with Gasteiger partial charge in [-0.1, -0.05) is 98.6 Å². The second-order valence-corrected chi connectivity index (χ2v) is 27.3. The summed E-state index contributed by atoms with van der Waals surface area (Å²) in [4.78, 5) is 40.1. The molecule has 0 aromatic rings. The number of carbonyl (C=O) groups excluding carboxylic acids is 2. The summed E-state index contributed by atoms with van der Waals surface area (Å²) in [5, 5.41) is 113. The van der Waals surface area contributed by atoms with E-state index in [2.05, 4.69) is 59.9 Å². The van der Waals surface area contributed by atoms with E-state index in [-0.39, 0.29) is 59.6 Å². The van der Waals surface area contributed by atoms with Crippen molar-refractivity contribution in [2.75, 3.05) is 13.2 Å². The number of rotatable bonds is 19. The Morgan fingerprint density at radius 2 is 1.32 bits per heavy atom. The maximum atomic E-state index is 15.7. The van der Waals surface area contributed by atoms with E-state index in [4.69, 9.17) is 33.5 Å². The number of unbranched alkanes of at least 4 members (excludes halogenated alkanes) is 7. The van der Waals surface area contributed by atoms with E-state index in [9.17, 15) is 55.5 Å². The van der Waals surface area contributed by atoms with Gasteiger partial charge in [0.2, 0.25) is 12.2 Å². The second-order valence-electron chi connectivity index (χ2n) is 27.3. The van der Waals surface area contributed by atoms with Crippen molar-refractivity contribution >= 4 is 17.8 Å². The third kappa shape index (κ3) is 11.6. The van der Waals surface area contributed by atoms with E-state index in [0.29, 0.717) is 38.0 Å². The van der Waals surface area contributed by atoms with Crippen LogP contribution >= 0.6 is 0 Å². The first-order valence-electron chi connectivity index (χ1n) is 29.8. The van der Waals surface area contributed by atoms with Crippen molar-refractivity contribution < 1.29 is 93.9 Å². The van der Waals surface area contributed by atoms with Gasteiger partial charge in [0.05, 0.1) is 37.6 Å². The molecule has 79 heavy (non-hydrogen) atoms. The highest BCUT2D eigenvalue weighted by atomic mass is 16.8. The van der Waals surface area contributed by atoms with Crippen molar-refractivity contribution in [3.8, 4) is 0 Å². The monoisotopic (exact) mass is 1120 g/mol. The molecule has 452 valence electrons. The standard InChI is InChI=1S/C59H97NO19/c1-31-48(77-50-46(71)43(68)35(62)30-74-50)45(70)47(72)51(75-31)78-49-44(69)42(60-40(65)17-15-13-11-9-10-12-14-16-18-41(66)67)36(29-61)76-52(49)79-53(73)59-26-25-54(3,4)27-34(59)33-19-23-58(57(33,8)28-39(59)64)24-20-37-55(5,6)38(63)21-22-56(37,7)32(58)2/h19,31-32,34-39,42-52,61-64,68-72H,9-18,20-30H2,1-8H3,(H,60,65)(H,66,67)/t31-,32?,34?,35-,36-,37+,38?,39-,42?,43?,44?,45?,46?,47?,48?,49?,50+,51+,52+,56?,57-,58+,59?/m1/s1. The molecule has 3 aliphatic heterocycles. The van der Waals surface area contributed by atoms with E-state index in [0.717, 1.165) is 76.2 Å². The predicted octanol–water partition coefficient (Wildman–Crippen LogP) is 3.89. The first-order valence-corrected chi connectivity index (χ1v) is 29.8. The average Bonchev–Trinajstić information content (AvgIpc) is 3.98. The molecule has 8 rings (SSSR count). The van der Waals surface area contributed by atoms with Crippen LogP contribution in [0.5, 0.6) is 0 Å². The van der Waals surface area contributed by atoms with Crippen LogP contribution in [-0.4, -0.2) is 180 Å². The third-order valence-corrected chi connectivity index (χ3v) is 21.9. The molecule has 0 aromatic carbocycles. The van der Waals surface area contributed by atoms with Crippen LogP contribution in [0.1, 0.15) is 177 Å². The Morgan fingerprint density at radius 3 is 1.97 bits per heavy atom. The number of ether oxygens (including phenoxy) is 6. The van der Waals surface area contributed by atoms with Crippen LogP contribution < -0.4 is 5.32 Å². The highest BCUT2D eigenvalue weighted by molar-refractivity contribution is 5.80. The van der Waals surface area contributed by atoms with Gasteiger partial charge in [0.15, 0.2) is 18.7 Å². The predicted molar refractivity (Wildman–Crippen MR) is 284 cm³/mol. The highest BCUT2D eigenvalue weighted by Gasteiger charge is 2.72. The molecule has 0 aromatic heterocycles. The van der Waals surface area contributed by atoms with Crippen molar-refractivity contribution in [2.24, 2.45) is 50.2 Å². The lowest BCUT2D eigenvalue weighted by molar-refractivity contribution is -0.370. The molecule has 23 atom stereocenters. The van der Waals surface area contributed by atoms with Crippen molar-refractivity contribution in [1.29, 1.82) is 0 Å². The van der Waals surface area contributed by atoms with Crippen LogP contribution in [0.2, 0.25) is 0 Å². The zero-order valence-electron chi connectivity index (χ0n) is 48.0. The zero-order chi connectivity index (χ0) is 57.8. The Balaban J connectivity index is 1.03. The van der Waals surface area contributed by atoms with Crippen LogP contribution in [0.15, 0.2) is 11.6 Å². The van der Waals surface area contributed by atoms with E-state index in [1.54, 1.807) is 0 Å². The molecule has 0 bridgehead atoms. The quantitative estimate of drug-likeness (QED) is 0.0497. The lowest BCUT2D eigenvalue weighted by Gasteiger charge is -2.68. The Morgan fingerprint density at radius 1 is 0.684 bits per heavy atom. The summed E-state index contributed by atoms with van der Waals surface area (Å²) in [5.74, 6) is -1.98. The van der Waals surface area contributed by atoms with Gasteiger partial charge in [-0.3, -0.25) is 14.4 Å². The molecular weight excluding hydrogens is 1030 g/mol. The number of amides is 1. The fraction of sp³-hybridized carbons (Fsp3) is 0.915. The maximum Gasteiger partial charge on any atom is 0.317 e. The van der Waals surface area contributed by atoms with E-state index < -0.39 is 133 Å². The molecule has 13 unspecified atom stereocenters. The van der Waals surface area contributed by atoms with Crippen LogP contribution in [0, 0.1) is 50.2 Å². The number of aliphatic carboxylic acids is 1. The zero-order valence-corrected chi connectivity index (χ0v) is 48.0. The number of carboxylic acid groups (broad SMARTS) is 1. The van der Waals surface area contributed by atoms with Crippen molar-refractivity contribution in [2.45, 2.75) is 276 Å². The molecule has 1 spiro atoms. The number of esters is 1. The van der Waals surface area contributed by atoms with Gasteiger partial charge in [-0.15, -0.1) is 0 Å². The molecular formula is C59H97NO19. The number of carbonyl (C=O) groups is 3. The van der Waals surface area contributed by atoms with Gasteiger partial charge < -0.3 is 84.8 Å². The van der Waals surface area contributed by atoms with Crippen molar-refractivity contribution in [1.82, 2.24) is 5.32 Å².